The summed E-state index contributed by atoms with van der Waals surface area (Å²) < 4.78 is 16.1. The molecule has 12 heterocycles. The highest BCUT2D eigenvalue weighted by Crippen LogP contribution is 2.50. The van der Waals surface area contributed by atoms with E-state index in [1.807, 2.05) is 0 Å². The summed E-state index contributed by atoms with van der Waals surface area (Å²) in [4.78, 5) is 105. The van der Waals surface area contributed by atoms with E-state index in [-0.39, 0.29) is 66.9 Å². The zero-order valence-electron chi connectivity index (χ0n) is 71.3. The van der Waals surface area contributed by atoms with E-state index in [1.54, 1.807) is 16.9 Å². The summed E-state index contributed by atoms with van der Waals surface area (Å²) in [7, 11) is -12.1. The quantitative estimate of drug-likeness (QED) is 0.162. The van der Waals surface area contributed by atoms with Crippen LogP contribution in [0.15, 0.2) is 206 Å². The molecule has 0 fully saturated rings. The van der Waals surface area contributed by atoms with Crippen LogP contribution in [0.25, 0.3) is 43.1 Å². The topological polar surface area (TPSA) is 218 Å². The highest BCUT2D eigenvalue weighted by molar-refractivity contribution is 6.78. The van der Waals surface area contributed by atoms with E-state index < -0.39 is 39.4 Å². The van der Waals surface area contributed by atoms with Crippen molar-refractivity contribution in [2.75, 3.05) is 0 Å². The summed E-state index contributed by atoms with van der Waals surface area (Å²) in [5, 5.41) is 4.96. The molecule has 21 heteroatoms. The van der Waals surface area contributed by atoms with Gasteiger partial charge < -0.3 is 13.7 Å². The molecule has 0 saturated heterocycles. The first-order chi connectivity index (χ1) is 54.7. The van der Waals surface area contributed by atoms with Crippen LogP contribution in [0.5, 0.6) is 0 Å². The molecular weight excluding hydrogens is 1480 g/mol. The van der Waals surface area contributed by atoms with E-state index in [4.69, 9.17) is 64.0 Å². The average Bonchev–Trinajstić information content (AvgIpc) is 1.52. The molecule has 8 aliphatic heterocycles. The molecule has 0 saturated carbocycles. The second-order valence-corrected chi connectivity index (χ2v) is 46.1. The lowest BCUT2D eigenvalue weighted by atomic mass is 9.85. The first kappa shape index (κ1) is 74.6. The molecule has 12 aromatic rings. The Morgan fingerprint density at radius 1 is 0.205 bits per heavy atom. The molecule has 8 aliphatic rings. The number of amidine groups is 8. The zero-order chi connectivity index (χ0) is 82.6. The number of nitrogens with zero attached hydrogens (tertiary/aromatic N) is 16. The molecule has 0 aliphatic carbocycles. The molecule has 2 N–H and O–H groups in total. The maximum Gasteiger partial charge on any atom is 0.594 e. The van der Waals surface area contributed by atoms with Crippen LogP contribution in [-0.2, 0) is 47.4 Å². The second kappa shape index (κ2) is 23.8. The Labute approximate surface area is 683 Å². The Bertz CT molecular complexity index is 6780. The summed E-state index contributed by atoms with van der Waals surface area (Å²) in [6.07, 6.45) is 0. The lowest BCUT2D eigenvalue weighted by Crippen LogP contribution is -2.73. The van der Waals surface area contributed by atoms with E-state index in [2.05, 4.69) is 312 Å². The Balaban J connectivity index is 1.06. The van der Waals surface area contributed by atoms with E-state index in [0.717, 1.165) is 89.0 Å². The van der Waals surface area contributed by atoms with Crippen molar-refractivity contribution >= 4 is 131 Å². The van der Waals surface area contributed by atoms with Crippen LogP contribution in [0.3, 0.4) is 0 Å². The van der Waals surface area contributed by atoms with Crippen molar-refractivity contribution < 1.29 is 13.7 Å². The maximum absolute atomic E-state index is 17.2. The number of benzene rings is 8. The van der Waals surface area contributed by atoms with E-state index in [1.165, 1.54) is 0 Å². The van der Waals surface area contributed by atoms with Gasteiger partial charge in [0.05, 0.1) is 0 Å². The third-order valence-corrected chi connectivity index (χ3v) is 30.8. The van der Waals surface area contributed by atoms with Crippen molar-refractivity contribution in [3.63, 3.8) is 0 Å². The fourth-order valence-electron chi connectivity index (χ4n) is 17.4. The molecule has 0 radical (unpaired) electrons. The second-order valence-electron chi connectivity index (χ2n) is 41.2. The lowest BCUT2D eigenvalue weighted by molar-refractivity contribution is 0.253. The lowest BCUT2D eigenvalue weighted by Gasteiger charge is -2.36. The van der Waals surface area contributed by atoms with Gasteiger partial charge in [-0.05, 0) is 136 Å². The molecule has 8 aromatic carbocycles. The molecule has 12 bridgehead atoms. The number of hydrogen-bond donors (Lipinski definition) is 2. The van der Waals surface area contributed by atoms with E-state index in [9.17, 15) is 0 Å². The van der Waals surface area contributed by atoms with Gasteiger partial charge in [0.15, 0.2) is 46.7 Å². The molecule has 0 spiro atoms. The molecule has 588 valence electrons. The van der Waals surface area contributed by atoms with Crippen molar-refractivity contribution in [3.05, 3.63) is 257 Å². The van der Waals surface area contributed by atoms with Gasteiger partial charge in [-0.25, -0.2) is 59.9 Å². The molecule has 2 atom stereocenters. The third kappa shape index (κ3) is 11.2. The molecule has 0 amide bonds. The number of aliphatic imine (C=N–C) groups is 8. The van der Waals surface area contributed by atoms with Crippen molar-refractivity contribution in [3.8, 4) is 0 Å². The summed E-state index contributed by atoms with van der Waals surface area (Å²) in [6, 6.07) is 51.2. The minimum absolute atomic E-state index is 0.244. The van der Waals surface area contributed by atoms with Gasteiger partial charge >= 0.3 is 17.8 Å². The maximum atomic E-state index is 17.2. The number of fused-ring (bicyclic) bond motifs is 28. The Kier molecular flexibility index (Phi) is 15.2. The minimum Gasteiger partial charge on any atom is -0.378 e. The molecular formula is C96H98N16O3Si2. The fraction of sp³-hybridized carbons (Fsp3) is 0.333. The van der Waals surface area contributed by atoms with Crippen LogP contribution in [-0.4, -0.2) is 91.0 Å². The number of rotatable bonds is 2. The van der Waals surface area contributed by atoms with Gasteiger partial charge in [-0.2, -0.15) is 0 Å². The van der Waals surface area contributed by atoms with Gasteiger partial charge in [-0.3, -0.25) is 16.9 Å². The highest BCUT2D eigenvalue weighted by atomic mass is 28.5. The molecule has 20 rings (SSSR count). The van der Waals surface area contributed by atoms with Gasteiger partial charge in [0.25, 0.3) is 0 Å². The SMILES string of the molecule is CC(C)(C)c1ccc2c(c1)C1=NC2=Nc2c3cc(C(C)(C)C)ccc3c3n2[Si](O)(O[Si]2(O)n4c5c6cc(C(C)(C)C)ccc6c4N=C4N=C(N=c6c7cc(C(C)(C)C)ccc7c(n62)=NC2=NC(=N5)c5ccc(C(C)(C)C)cc52)c2ccc(C(C)(C)C)cc24)n2c(c4ccc(C(C)(C)C)cc4c2=NC2=NC(=N3)c3cc(C(C)(C)C)ccc32)=N1. The zero-order valence-corrected chi connectivity index (χ0v) is 73.3. The van der Waals surface area contributed by atoms with Crippen molar-refractivity contribution in [1.82, 2.24) is 16.9 Å². The predicted octanol–water partition coefficient (Wildman–Crippen LogP) is 18.1. The third-order valence-electron chi connectivity index (χ3n) is 24.6. The average molecular weight is 1580 g/mol. The summed E-state index contributed by atoms with van der Waals surface area (Å²) >= 11 is 0. The van der Waals surface area contributed by atoms with Crippen LogP contribution in [0.4, 0.5) is 23.3 Å². The van der Waals surface area contributed by atoms with Crippen molar-refractivity contribution in [1.29, 1.82) is 0 Å². The van der Waals surface area contributed by atoms with Gasteiger partial charge in [0.1, 0.15) is 45.2 Å². The normalized spacial score (nSPS) is 18.6. The number of hydrogen-bond acceptors (Lipinski definition) is 15. The molecule has 19 nitrogen and oxygen atoms in total. The molecule has 4 aromatic heterocycles. The Morgan fingerprint density at radius 2 is 0.402 bits per heavy atom. The largest absolute Gasteiger partial charge is 0.594 e. The van der Waals surface area contributed by atoms with E-state index >= 15 is 9.59 Å². The van der Waals surface area contributed by atoms with Crippen LogP contribution >= 0.6 is 0 Å². The summed E-state index contributed by atoms with van der Waals surface area (Å²) in [6.45, 7) is 52.8. The van der Waals surface area contributed by atoms with Gasteiger partial charge in [-0.15, -0.1) is 0 Å². The Hall–Kier alpha value is -11.2. The van der Waals surface area contributed by atoms with Gasteiger partial charge in [-0.1, -0.05) is 263 Å². The first-order valence-corrected chi connectivity index (χ1v) is 44.3. The fourth-order valence-corrected chi connectivity index (χ4v) is 24.3. The summed E-state index contributed by atoms with van der Waals surface area (Å²) in [5.74, 6) is 3.80. The first-order valence-electron chi connectivity index (χ1n) is 40.8. The monoisotopic (exact) mass is 1580 g/mol. The Morgan fingerprint density at radius 3 is 0.667 bits per heavy atom. The molecule has 117 heavy (non-hydrogen) atoms. The summed E-state index contributed by atoms with van der Waals surface area (Å²) in [5.41, 5.74) is 12.2. The smallest absolute Gasteiger partial charge is 0.378 e. The van der Waals surface area contributed by atoms with Gasteiger partial charge in [0.2, 0.25) is 0 Å². The minimum atomic E-state index is -6.05. The number of aromatic nitrogens is 4. The van der Waals surface area contributed by atoms with Crippen LogP contribution in [0.1, 0.15) is 255 Å². The van der Waals surface area contributed by atoms with Crippen LogP contribution in [0.2, 0.25) is 0 Å². The molecule has 2 unspecified atom stereocenters. The van der Waals surface area contributed by atoms with Gasteiger partial charge in [0, 0.05) is 87.6 Å². The van der Waals surface area contributed by atoms with Crippen LogP contribution < -0.4 is 22.0 Å². The highest BCUT2D eigenvalue weighted by Gasteiger charge is 2.62. The standard InChI is InChI=1S/C96H98N16O3Si2/c1-89(2,3)49-25-33-57-65(41-49)77-97-73(57)101-85-70-46-54(94(16,17)18)30-38-62(70)82-106-78-66-42-50(90(4,5)6)26-34-58(66)74(98-78)102-86-69-45-53(93(13,14)15)29-37-61(69)81(105-77)109(86)116(113,110(82)85)115-117(114)111-83-63-39-31-55(95(19,20)21)47-71(63)88(111)104-76-60-36-28-52(92(10,11)12)44-68(60)80(100-76)108-84-64-40-32-56(96(22,23)24)48-72(64)87(112(84)117)103-75-59-35-27-51(91(7,8)9)43-67(59)79(99-75)107-83/h25-48,113-114H,1-24H3. The van der Waals surface area contributed by atoms with Crippen molar-refractivity contribution in [2.45, 2.75) is 209 Å². The van der Waals surface area contributed by atoms with E-state index in [0.29, 0.717) is 89.8 Å². The van der Waals surface area contributed by atoms with Crippen LogP contribution in [0, 0.1) is 0 Å². The van der Waals surface area contributed by atoms with Crippen molar-refractivity contribution in [2.24, 2.45) is 59.9 Å². The predicted molar refractivity (Wildman–Crippen MR) is 477 cm³/mol.